The summed E-state index contributed by atoms with van der Waals surface area (Å²) in [5.41, 5.74) is 5.82. The SMILES string of the molecule is CCN(CC)c1ccc2c(c1)C(C)(C)C(C)=[N+]2CC.[I-]. The molecule has 2 rings (SSSR count). The van der Waals surface area contributed by atoms with Crippen LogP contribution in [-0.2, 0) is 5.41 Å². The number of rotatable bonds is 4. The minimum absolute atomic E-state index is 0. The van der Waals surface area contributed by atoms with Crippen molar-refractivity contribution in [2.45, 2.75) is 47.0 Å². The molecule has 3 heteroatoms. The summed E-state index contributed by atoms with van der Waals surface area (Å²) in [5.74, 6) is 0. The van der Waals surface area contributed by atoms with E-state index < -0.39 is 0 Å². The van der Waals surface area contributed by atoms with Crippen LogP contribution >= 0.6 is 0 Å². The number of hydrogen-bond acceptors (Lipinski definition) is 1. The molecule has 0 atom stereocenters. The predicted octanol–water partition coefficient (Wildman–Crippen LogP) is 0.953. The Morgan fingerprint density at radius 2 is 1.70 bits per heavy atom. The molecule has 0 aromatic heterocycles. The number of fused-ring (bicyclic) bond motifs is 1. The highest BCUT2D eigenvalue weighted by Gasteiger charge is 2.42. The Hall–Kier alpha value is -0.580. The van der Waals surface area contributed by atoms with E-state index in [9.17, 15) is 0 Å². The van der Waals surface area contributed by atoms with Gasteiger partial charge in [0.2, 0.25) is 5.69 Å². The Morgan fingerprint density at radius 3 is 2.20 bits per heavy atom. The summed E-state index contributed by atoms with van der Waals surface area (Å²) in [6, 6.07) is 6.95. The molecule has 1 heterocycles. The van der Waals surface area contributed by atoms with Crippen LogP contribution in [0, 0.1) is 0 Å². The lowest BCUT2D eigenvalue weighted by molar-refractivity contribution is -0.434. The van der Waals surface area contributed by atoms with Crippen LogP contribution in [0.3, 0.4) is 0 Å². The topological polar surface area (TPSA) is 6.25 Å². The summed E-state index contributed by atoms with van der Waals surface area (Å²) < 4.78 is 2.45. The van der Waals surface area contributed by atoms with Gasteiger partial charge in [-0.2, -0.15) is 4.58 Å². The first-order valence-electron chi connectivity index (χ1n) is 7.48. The molecule has 0 radical (unpaired) electrons. The Morgan fingerprint density at radius 1 is 1.10 bits per heavy atom. The highest BCUT2D eigenvalue weighted by atomic mass is 127. The molecule has 0 aliphatic carbocycles. The van der Waals surface area contributed by atoms with Gasteiger partial charge in [-0.25, -0.2) is 0 Å². The fourth-order valence-corrected chi connectivity index (χ4v) is 3.17. The Kier molecular flexibility index (Phi) is 5.64. The lowest BCUT2D eigenvalue weighted by Crippen LogP contribution is -3.00. The number of anilines is 1. The minimum Gasteiger partial charge on any atom is -1.00 e. The first-order valence-corrected chi connectivity index (χ1v) is 7.48. The fraction of sp³-hybridized carbons (Fsp3) is 0.588. The van der Waals surface area contributed by atoms with Gasteiger partial charge in [0.25, 0.3) is 0 Å². The van der Waals surface area contributed by atoms with Gasteiger partial charge >= 0.3 is 0 Å². The van der Waals surface area contributed by atoms with Crippen LogP contribution in [0.1, 0.15) is 47.1 Å². The van der Waals surface area contributed by atoms with Gasteiger partial charge < -0.3 is 28.9 Å². The predicted molar refractivity (Wildman–Crippen MR) is 84.2 cm³/mol. The van der Waals surface area contributed by atoms with Crippen molar-refractivity contribution in [3.63, 3.8) is 0 Å². The maximum atomic E-state index is 2.45. The summed E-state index contributed by atoms with van der Waals surface area (Å²) >= 11 is 0. The van der Waals surface area contributed by atoms with E-state index >= 15 is 0 Å². The van der Waals surface area contributed by atoms with Gasteiger partial charge in [-0.1, -0.05) is 0 Å². The third kappa shape index (κ3) is 2.61. The molecule has 0 unspecified atom stereocenters. The van der Waals surface area contributed by atoms with Crippen molar-refractivity contribution in [1.82, 2.24) is 0 Å². The van der Waals surface area contributed by atoms with E-state index in [1.165, 1.54) is 22.6 Å². The molecular weight excluding hydrogens is 359 g/mol. The monoisotopic (exact) mass is 386 g/mol. The molecule has 0 N–H and O–H groups in total. The second-order valence-electron chi connectivity index (χ2n) is 5.83. The van der Waals surface area contributed by atoms with Crippen molar-refractivity contribution in [3.8, 4) is 0 Å². The molecule has 1 aliphatic rings. The standard InChI is InChI=1S/C17H27N2.HI/c1-7-18(8-2)14-10-11-16-15(12-14)17(5,6)13(4)19(16)9-3;/h10-12H,7-9H2,1-6H3;1H/q+1;/p-1. The van der Waals surface area contributed by atoms with Crippen LogP contribution in [0.15, 0.2) is 18.2 Å². The number of benzene rings is 1. The fourth-order valence-electron chi connectivity index (χ4n) is 3.17. The Labute approximate surface area is 140 Å². The van der Waals surface area contributed by atoms with Gasteiger partial charge in [-0.05, 0) is 46.8 Å². The van der Waals surface area contributed by atoms with Crippen molar-refractivity contribution in [3.05, 3.63) is 23.8 Å². The highest BCUT2D eigenvalue weighted by molar-refractivity contribution is 5.93. The molecule has 0 saturated heterocycles. The Balaban J connectivity index is 0.00000200. The van der Waals surface area contributed by atoms with Crippen molar-refractivity contribution >= 4 is 17.1 Å². The van der Waals surface area contributed by atoms with Crippen LogP contribution < -0.4 is 28.9 Å². The van der Waals surface area contributed by atoms with Crippen molar-refractivity contribution in [1.29, 1.82) is 0 Å². The lowest BCUT2D eigenvalue weighted by atomic mass is 9.82. The number of nitrogens with zero attached hydrogens (tertiary/aromatic N) is 2. The molecule has 0 bridgehead atoms. The van der Waals surface area contributed by atoms with Crippen LogP contribution in [0.5, 0.6) is 0 Å². The van der Waals surface area contributed by atoms with Gasteiger partial charge in [0.1, 0.15) is 6.54 Å². The molecule has 2 nitrogen and oxygen atoms in total. The van der Waals surface area contributed by atoms with Crippen molar-refractivity contribution < 1.29 is 28.6 Å². The van der Waals surface area contributed by atoms with Gasteiger partial charge in [0.05, 0.1) is 5.41 Å². The summed E-state index contributed by atoms with van der Waals surface area (Å²) in [7, 11) is 0. The molecular formula is C17H27IN2. The molecule has 0 saturated carbocycles. The largest absolute Gasteiger partial charge is 1.00 e. The zero-order valence-electron chi connectivity index (χ0n) is 13.6. The summed E-state index contributed by atoms with van der Waals surface area (Å²) in [4.78, 5) is 2.42. The Bertz CT molecular complexity index is 514. The van der Waals surface area contributed by atoms with E-state index in [1.54, 1.807) is 0 Å². The van der Waals surface area contributed by atoms with E-state index in [-0.39, 0.29) is 29.4 Å². The third-order valence-corrected chi connectivity index (χ3v) is 4.70. The summed E-state index contributed by atoms with van der Waals surface area (Å²) in [5, 5.41) is 0. The quantitative estimate of drug-likeness (QED) is 0.552. The molecule has 0 spiro atoms. The van der Waals surface area contributed by atoms with Gasteiger partial charge in [0, 0.05) is 37.3 Å². The van der Waals surface area contributed by atoms with Crippen molar-refractivity contribution in [2.24, 2.45) is 0 Å². The van der Waals surface area contributed by atoms with E-state index in [0.29, 0.717) is 0 Å². The van der Waals surface area contributed by atoms with E-state index in [0.717, 1.165) is 19.6 Å². The van der Waals surface area contributed by atoms with E-state index in [4.69, 9.17) is 0 Å². The molecule has 20 heavy (non-hydrogen) atoms. The molecule has 1 aliphatic heterocycles. The average molecular weight is 386 g/mol. The first-order chi connectivity index (χ1) is 8.97. The smallest absolute Gasteiger partial charge is 0.209 e. The maximum absolute atomic E-state index is 2.45. The minimum atomic E-state index is 0. The number of hydrogen-bond donors (Lipinski definition) is 0. The summed E-state index contributed by atoms with van der Waals surface area (Å²) in [6.45, 7) is 16.8. The number of halogens is 1. The zero-order valence-corrected chi connectivity index (χ0v) is 15.8. The highest BCUT2D eigenvalue weighted by Crippen LogP contribution is 2.41. The normalized spacial score (nSPS) is 15.9. The molecule has 0 amide bonds. The first kappa shape index (κ1) is 17.5. The second-order valence-corrected chi connectivity index (χ2v) is 5.83. The third-order valence-electron chi connectivity index (χ3n) is 4.70. The van der Waals surface area contributed by atoms with Crippen LogP contribution in [-0.4, -0.2) is 29.9 Å². The van der Waals surface area contributed by atoms with E-state index in [1.807, 2.05) is 0 Å². The second kappa shape index (κ2) is 6.46. The molecule has 0 fully saturated rings. The summed E-state index contributed by atoms with van der Waals surface area (Å²) in [6.07, 6.45) is 0. The molecule has 1 aromatic rings. The van der Waals surface area contributed by atoms with Gasteiger partial charge in [-0.3, -0.25) is 0 Å². The van der Waals surface area contributed by atoms with Crippen LogP contribution in [0.4, 0.5) is 11.4 Å². The van der Waals surface area contributed by atoms with E-state index in [2.05, 4.69) is 69.2 Å². The lowest BCUT2D eigenvalue weighted by Gasteiger charge is -2.23. The molecule has 1 aromatic carbocycles. The average Bonchev–Trinajstić information content (AvgIpc) is 2.59. The van der Waals surface area contributed by atoms with Crippen LogP contribution in [0.25, 0.3) is 0 Å². The van der Waals surface area contributed by atoms with Crippen LogP contribution in [0.2, 0.25) is 0 Å². The van der Waals surface area contributed by atoms with Gasteiger partial charge in [-0.15, -0.1) is 0 Å². The maximum Gasteiger partial charge on any atom is 0.209 e. The van der Waals surface area contributed by atoms with Gasteiger partial charge in [0.15, 0.2) is 5.71 Å². The molecule has 112 valence electrons. The zero-order chi connectivity index (χ0) is 14.2. The van der Waals surface area contributed by atoms with Crippen molar-refractivity contribution in [2.75, 3.05) is 24.5 Å².